The van der Waals surface area contributed by atoms with Crippen LogP contribution in [0.3, 0.4) is 0 Å². The Balaban J connectivity index is 0.00000364. The van der Waals surface area contributed by atoms with E-state index < -0.39 is 9.84 Å². The summed E-state index contributed by atoms with van der Waals surface area (Å²) in [6.45, 7) is 8.96. The van der Waals surface area contributed by atoms with Crippen molar-refractivity contribution in [1.29, 1.82) is 0 Å². The van der Waals surface area contributed by atoms with E-state index in [-0.39, 0.29) is 24.0 Å². The summed E-state index contributed by atoms with van der Waals surface area (Å²) < 4.78 is 23.0. The van der Waals surface area contributed by atoms with Crippen molar-refractivity contribution in [2.75, 3.05) is 39.0 Å². The van der Waals surface area contributed by atoms with Gasteiger partial charge in [-0.05, 0) is 57.0 Å². The molecule has 6 nitrogen and oxygen atoms in total. The highest BCUT2D eigenvalue weighted by atomic mass is 127. The Kier molecular flexibility index (Phi) is 10.6. The Bertz CT molecular complexity index is 692. The fourth-order valence-electron chi connectivity index (χ4n) is 3.29. The molecule has 8 heteroatoms. The highest BCUT2D eigenvalue weighted by molar-refractivity contribution is 14.0. The normalized spacial score (nSPS) is 18.2. The van der Waals surface area contributed by atoms with Gasteiger partial charge in [-0.25, -0.2) is 8.42 Å². The van der Waals surface area contributed by atoms with Crippen molar-refractivity contribution in [3.8, 4) is 0 Å². The number of nitrogens with zero attached hydrogens (tertiary/aromatic N) is 2. The van der Waals surface area contributed by atoms with Crippen molar-refractivity contribution in [3.63, 3.8) is 0 Å². The number of hydrogen-bond acceptors (Lipinski definition) is 4. The first-order valence-corrected chi connectivity index (χ1v) is 11.4. The van der Waals surface area contributed by atoms with Crippen LogP contribution in [-0.4, -0.2) is 64.3 Å². The maximum Gasteiger partial charge on any atom is 0.191 e. The number of halogens is 1. The van der Waals surface area contributed by atoms with E-state index >= 15 is 0 Å². The minimum atomic E-state index is -3.13. The lowest BCUT2D eigenvalue weighted by Gasteiger charge is -2.21. The summed E-state index contributed by atoms with van der Waals surface area (Å²) in [6.07, 6.45) is 4.54. The second kappa shape index (κ2) is 11.9. The average Bonchev–Trinajstić information content (AvgIpc) is 3.07. The molecule has 2 N–H and O–H groups in total. The summed E-state index contributed by atoms with van der Waals surface area (Å²) >= 11 is 0. The highest BCUT2D eigenvalue weighted by Gasteiger charge is 2.22. The number of hydrogen-bond donors (Lipinski definition) is 2. The van der Waals surface area contributed by atoms with E-state index in [2.05, 4.69) is 29.4 Å². The van der Waals surface area contributed by atoms with Crippen LogP contribution in [0, 0.1) is 0 Å². The SMILES string of the molecule is CCNC(=NCC1CCCN1CC)NCCc1ccc(S(C)(=O)=O)cc1.I. The van der Waals surface area contributed by atoms with Crippen LogP contribution >= 0.6 is 24.0 Å². The predicted molar refractivity (Wildman–Crippen MR) is 123 cm³/mol. The first-order valence-electron chi connectivity index (χ1n) is 9.49. The fourth-order valence-corrected chi connectivity index (χ4v) is 3.92. The first kappa shape index (κ1) is 24.2. The molecule has 1 aromatic rings. The van der Waals surface area contributed by atoms with Crippen LogP contribution in [-0.2, 0) is 16.3 Å². The number of sulfone groups is 1. The molecule has 1 aliphatic rings. The van der Waals surface area contributed by atoms with E-state index in [0.717, 1.165) is 44.1 Å². The van der Waals surface area contributed by atoms with Crippen LogP contribution in [0.25, 0.3) is 0 Å². The smallest absolute Gasteiger partial charge is 0.191 e. The van der Waals surface area contributed by atoms with Crippen LogP contribution in [0.2, 0.25) is 0 Å². The number of aliphatic imine (C=N–C) groups is 1. The lowest BCUT2D eigenvalue weighted by molar-refractivity contribution is 0.273. The predicted octanol–water partition coefficient (Wildman–Crippen LogP) is 2.29. The van der Waals surface area contributed by atoms with Crippen molar-refractivity contribution in [3.05, 3.63) is 29.8 Å². The van der Waals surface area contributed by atoms with Crippen molar-refractivity contribution in [2.24, 2.45) is 4.99 Å². The lowest BCUT2D eigenvalue weighted by Crippen LogP contribution is -2.40. The second-order valence-corrected chi connectivity index (χ2v) is 8.75. The number of nitrogens with one attached hydrogen (secondary N) is 2. The zero-order chi connectivity index (χ0) is 19.0. The van der Waals surface area contributed by atoms with Crippen molar-refractivity contribution in [2.45, 2.75) is 44.0 Å². The number of likely N-dealkylation sites (N-methyl/N-ethyl adjacent to an activating group) is 1. The third-order valence-corrected chi connectivity index (χ3v) is 5.90. The van der Waals surface area contributed by atoms with E-state index in [1.54, 1.807) is 12.1 Å². The van der Waals surface area contributed by atoms with Gasteiger partial charge < -0.3 is 10.6 Å². The molecule has 0 aliphatic carbocycles. The van der Waals surface area contributed by atoms with Crippen LogP contribution < -0.4 is 10.6 Å². The lowest BCUT2D eigenvalue weighted by atomic mass is 10.1. The molecule has 1 aliphatic heterocycles. The maximum absolute atomic E-state index is 11.5. The fraction of sp³-hybridized carbons (Fsp3) is 0.632. The van der Waals surface area contributed by atoms with Gasteiger partial charge in [0.2, 0.25) is 0 Å². The van der Waals surface area contributed by atoms with Crippen LogP contribution in [0.5, 0.6) is 0 Å². The highest BCUT2D eigenvalue weighted by Crippen LogP contribution is 2.16. The number of likely N-dealkylation sites (tertiary alicyclic amines) is 1. The van der Waals surface area contributed by atoms with Gasteiger partial charge in [-0.1, -0.05) is 19.1 Å². The summed E-state index contributed by atoms with van der Waals surface area (Å²) in [6, 6.07) is 7.64. The summed E-state index contributed by atoms with van der Waals surface area (Å²) in [5.74, 6) is 0.850. The van der Waals surface area contributed by atoms with Crippen molar-refractivity contribution in [1.82, 2.24) is 15.5 Å². The number of rotatable bonds is 8. The van der Waals surface area contributed by atoms with Crippen LogP contribution in [0.1, 0.15) is 32.3 Å². The molecule has 0 saturated carbocycles. The third-order valence-electron chi connectivity index (χ3n) is 4.77. The monoisotopic (exact) mass is 508 g/mol. The van der Waals surface area contributed by atoms with E-state index in [1.165, 1.54) is 25.6 Å². The summed E-state index contributed by atoms with van der Waals surface area (Å²) in [4.78, 5) is 7.60. The Morgan fingerprint density at radius 3 is 2.52 bits per heavy atom. The molecule has 27 heavy (non-hydrogen) atoms. The molecule has 1 unspecified atom stereocenters. The Hall–Kier alpha value is -0.870. The van der Waals surface area contributed by atoms with Gasteiger partial charge in [-0.2, -0.15) is 0 Å². The standard InChI is InChI=1S/C19H32N4O2S.HI/c1-4-20-19(22-15-17-7-6-14-23(17)5-2)21-13-12-16-8-10-18(11-9-16)26(3,24)25;/h8-11,17H,4-7,12-15H2,1-3H3,(H2,20,21,22);1H. The van der Waals surface area contributed by atoms with Gasteiger partial charge in [-0.3, -0.25) is 9.89 Å². The van der Waals surface area contributed by atoms with E-state index in [9.17, 15) is 8.42 Å². The first-order chi connectivity index (χ1) is 12.4. The molecule has 1 aromatic carbocycles. The quantitative estimate of drug-likeness (QED) is 0.320. The van der Waals surface area contributed by atoms with E-state index in [1.807, 2.05) is 12.1 Å². The number of guanidine groups is 1. The van der Waals surface area contributed by atoms with Gasteiger partial charge in [0, 0.05) is 25.4 Å². The minimum Gasteiger partial charge on any atom is -0.357 e. The molecule has 0 amide bonds. The second-order valence-electron chi connectivity index (χ2n) is 6.74. The molecule has 0 aromatic heterocycles. The van der Waals surface area contributed by atoms with E-state index in [0.29, 0.717) is 10.9 Å². The molecule has 0 radical (unpaired) electrons. The van der Waals surface area contributed by atoms with E-state index in [4.69, 9.17) is 4.99 Å². The van der Waals surface area contributed by atoms with Gasteiger partial charge >= 0.3 is 0 Å². The molecule has 1 saturated heterocycles. The van der Waals surface area contributed by atoms with Gasteiger partial charge in [0.1, 0.15) is 0 Å². The molecule has 154 valence electrons. The Morgan fingerprint density at radius 1 is 1.22 bits per heavy atom. The molecular formula is C19H33IN4O2S. The van der Waals surface area contributed by atoms with Crippen molar-refractivity contribution < 1.29 is 8.42 Å². The zero-order valence-electron chi connectivity index (χ0n) is 16.6. The van der Waals surface area contributed by atoms with Gasteiger partial charge in [-0.15, -0.1) is 24.0 Å². The summed E-state index contributed by atoms with van der Waals surface area (Å²) in [7, 11) is -3.13. The molecule has 1 fully saturated rings. The van der Waals surface area contributed by atoms with Crippen LogP contribution in [0.15, 0.2) is 34.2 Å². The molecule has 1 heterocycles. The van der Waals surface area contributed by atoms with Crippen molar-refractivity contribution >= 4 is 39.8 Å². The van der Waals surface area contributed by atoms with Gasteiger partial charge in [0.15, 0.2) is 15.8 Å². The van der Waals surface area contributed by atoms with Gasteiger partial charge in [0.05, 0.1) is 11.4 Å². The third kappa shape index (κ3) is 7.95. The average molecular weight is 508 g/mol. The molecule has 0 bridgehead atoms. The maximum atomic E-state index is 11.5. The van der Waals surface area contributed by atoms with Gasteiger partial charge in [0.25, 0.3) is 0 Å². The Labute approximate surface area is 181 Å². The minimum absolute atomic E-state index is 0. The zero-order valence-corrected chi connectivity index (χ0v) is 19.7. The topological polar surface area (TPSA) is 73.8 Å². The van der Waals surface area contributed by atoms with Crippen LogP contribution in [0.4, 0.5) is 0 Å². The molecule has 2 rings (SSSR count). The summed E-state index contributed by atoms with van der Waals surface area (Å²) in [5, 5.41) is 6.67. The molecular weight excluding hydrogens is 475 g/mol. The number of benzene rings is 1. The molecule has 0 spiro atoms. The summed E-state index contributed by atoms with van der Waals surface area (Å²) in [5.41, 5.74) is 1.11. The Morgan fingerprint density at radius 2 is 1.93 bits per heavy atom. The molecule has 1 atom stereocenters. The largest absolute Gasteiger partial charge is 0.357 e.